The molecule has 1 aromatic rings. The molecule has 7 heteroatoms. The lowest BCUT2D eigenvalue weighted by atomic mass is 10.1. The molecule has 2 aliphatic heterocycles. The molecular weight excluding hydrogens is 284 g/mol. The maximum absolute atomic E-state index is 11.8. The normalized spacial score (nSPS) is 28.8. The first-order chi connectivity index (χ1) is 10.6. The molecule has 22 heavy (non-hydrogen) atoms. The number of aryl methyl sites for hydroxylation is 1. The summed E-state index contributed by atoms with van der Waals surface area (Å²) in [7, 11) is 0. The van der Waals surface area contributed by atoms with E-state index in [-0.39, 0.29) is 24.2 Å². The van der Waals surface area contributed by atoms with Gasteiger partial charge in [0.1, 0.15) is 12.1 Å². The van der Waals surface area contributed by atoms with Gasteiger partial charge in [0.05, 0.1) is 6.04 Å². The van der Waals surface area contributed by atoms with Gasteiger partial charge in [0, 0.05) is 39.0 Å². The summed E-state index contributed by atoms with van der Waals surface area (Å²) in [6, 6.07) is 0.0481. The second kappa shape index (κ2) is 6.34. The van der Waals surface area contributed by atoms with Crippen molar-refractivity contribution in [2.45, 2.75) is 51.8 Å². The molecule has 0 saturated carbocycles. The Bertz CT molecular complexity index is 525. The highest BCUT2D eigenvalue weighted by Gasteiger charge is 2.38. The fourth-order valence-corrected chi connectivity index (χ4v) is 3.21. The summed E-state index contributed by atoms with van der Waals surface area (Å²) in [5.74, 6) is 1.36. The molecule has 0 N–H and O–H groups in total. The molecule has 3 heterocycles. The summed E-state index contributed by atoms with van der Waals surface area (Å²) in [6.07, 6.45) is 1.63. The number of nitrogens with zero attached hydrogens (tertiary/aromatic N) is 4. The number of aromatic nitrogens is 2. The molecule has 0 aliphatic carbocycles. The lowest BCUT2D eigenvalue weighted by molar-refractivity contribution is -0.145. The van der Waals surface area contributed by atoms with Gasteiger partial charge in [-0.3, -0.25) is 14.6 Å². The predicted octanol–water partition coefficient (Wildman–Crippen LogP) is 1.01. The number of cyclic esters (lactones) is 1. The Morgan fingerprint density at radius 3 is 2.59 bits per heavy atom. The first-order valence-electron chi connectivity index (χ1n) is 8.09. The summed E-state index contributed by atoms with van der Waals surface area (Å²) in [5, 5.41) is 3.96. The van der Waals surface area contributed by atoms with Crippen molar-refractivity contribution < 1.29 is 14.1 Å². The molecule has 2 fully saturated rings. The van der Waals surface area contributed by atoms with E-state index in [1.54, 1.807) is 0 Å². The largest absolute Gasteiger partial charge is 0.461 e. The first-order valence-corrected chi connectivity index (χ1v) is 8.09. The van der Waals surface area contributed by atoms with Crippen molar-refractivity contribution in [1.82, 2.24) is 19.9 Å². The van der Waals surface area contributed by atoms with E-state index in [9.17, 15) is 4.79 Å². The van der Waals surface area contributed by atoms with Gasteiger partial charge in [-0.05, 0) is 13.8 Å². The minimum Gasteiger partial charge on any atom is -0.461 e. The highest BCUT2D eigenvalue weighted by molar-refractivity contribution is 5.78. The molecule has 3 atom stereocenters. The highest BCUT2D eigenvalue weighted by Crippen LogP contribution is 2.24. The van der Waals surface area contributed by atoms with E-state index in [1.807, 2.05) is 13.8 Å². The zero-order chi connectivity index (χ0) is 15.7. The average molecular weight is 308 g/mol. The number of carbonyl (C=O) groups is 1. The van der Waals surface area contributed by atoms with Crippen molar-refractivity contribution in [2.75, 3.05) is 26.2 Å². The van der Waals surface area contributed by atoms with Gasteiger partial charge in [-0.15, -0.1) is 0 Å². The van der Waals surface area contributed by atoms with Crippen LogP contribution in [0.15, 0.2) is 4.52 Å². The number of hydrogen-bond donors (Lipinski definition) is 0. The van der Waals surface area contributed by atoms with Gasteiger partial charge in [0.2, 0.25) is 5.89 Å². The minimum atomic E-state index is -0.0708. The van der Waals surface area contributed by atoms with Crippen molar-refractivity contribution >= 4 is 5.97 Å². The monoisotopic (exact) mass is 308 g/mol. The molecule has 7 nitrogen and oxygen atoms in total. The van der Waals surface area contributed by atoms with Crippen molar-refractivity contribution in [3.8, 4) is 0 Å². The van der Waals surface area contributed by atoms with Crippen molar-refractivity contribution in [3.05, 3.63) is 11.7 Å². The van der Waals surface area contributed by atoms with Crippen LogP contribution in [0.25, 0.3) is 0 Å². The molecule has 0 bridgehead atoms. The molecule has 122 valence electrons. The van der Waals surface area contributed by atoms with Crippen LogP contribution in [0.5, 0.6) is 0 Å². The number of hydrogen-bond acceptors (Lipinski definition) is 7. The van der Waals surface area contributed by atoms with Crippen molar-refractivity contribution in [1.29, 1.82) is 0 Å². The lowest BCUT2D eigenvalue weighted by Crippen LogP contribution is -2.52. The van der Waals surface area contributed by atoms with Gasteiger partial charge in [0.25, 0.3) is 0 Å². The van der Waals surface area contributed by atoms with E-state index < -0.39 is 0 Å². The quantitative estimate of drug-likeness (QED) is 0.769. The smallest absolute Gasteiger partial charge is 0.323 e. The van der Waals surface area contributed by atoms with E-state index in [2.05, 4.69) is 26.9 Å². The van der Waals surface area contributed by atoms with E-state index in [0.29, 0.717) is 5.89 Å². The van der Waals surface area contributed by atoms with E-state index in [4.69, 9.17) is 9.26 Å². The minimum absolute atomic E-state index is 0.0420. The second-order valence-electron chi connectivity index (χ2n) is 6.15. The Morgan fingerprint density at radius 2 is 2.05 bits per heavy atom. The van der Waals surface area contributed by atoms with Crippen LogP contribution in [-0.4, -0.2) is 64.2 Å². The fraction of sp³-hybridized carbons (Fsp3) is 0.800. The molecule has 0 amide bonds. The summed E-state index contributed by atoms with van der Waals surface area (Å²) in [5.41, 5.74) is 0. The molecule has 2 aliphatic rings. The summed E-state index contributed by atoms with van der Waals surface area (Å²) >= 11 is 0. The number of carbonyl (C=O) groups excluding carboxylic acids is 1. The van der Waals surface area contributed by atoms with Crippen LogP contribution in [0, 0.1) is 0 Å². The Kier molecular flexibility index (Phi) is 4.44. The molecule has 2 saturated heterocycles. The zero-order valence-corrected chi connectivity index (χ0v) is 13.5. The van der Waals surface area contributed by atoms with Gasteiger partial charge in [-0.2, -0.15) is 4.98 Å². The van der Waals surface area contributed by atoms with E-state index in [0.717, 1.165) is 44.8 Å². The summed E-state index contributed by atoms with van der Waals surface area (Å²) in [6.45, 7) is 9.58. The van der Waals surface area contributed by atoms with Crippen LogP contribution in [0.4, 0.5) is 0 Å². The Labute approximate surface area is 130 Å². The Morgan fingerprint density at radius 1 is 1.32 bits per heavy atom. The van der Waals surface area contributed by atoms with Gasteiger partial charge >= 0.3 is 5.97 Å². The average Bonchev–Trinajstić information content (AvgIpc) is 3.13. The topological polar surface area (TPSA) is 71.7 Å². The van der Waals surface area contributed by atoms with Crippen LogP contribution in [0.2, 0.25) is 0 Å². The third-order valence-electron chi connectivity index (χ3n) is 4.64. The van der Waals surface area contributed by atoms with Gasteiger partial charge in [0.15, 0.2) is 5.82 Å². The maximum atomic E-state index is 11.8. The number of ether oxygens (including phenoxy) is 1. The fourth-order valence-electron chi connectivity index (χ4n) is 3.21. The van der Waals surface area contributed by atoms with Crippen molar-refractivity contribution in [2.24, 2.45) is 0 Å². The van der Waals surface area contributed by atoms with Crippen LogP contribution in [0.3, 0.4) is 0 Å². The summed E-state index contributed by atoms with van der Waals surface area (Å²) in [4.78, 5) is 20.8. The number of esters is 1. The first kappa shape index (κ1) is 15.4. The molecule has 1 aromatic heterocycles. The molecule has 0 unspecified atom stereocenters. The van der Waals surface area contributed by atoms with Crippen LogP contribution in [-0.2, 0) is 16.0 Å². The Hall–Kier alpha value is -1.47. The predicted molar refractivity (Wildman–Crippen MR) is 79.2 cm³/mol. The van der Waals surface area contributed by atoms with Crippen molar-refractivity contribution in [3.63, 3.8) is 0 Å². The zero-order valence-electron chi connectivity index (χ0n) is 13.5. The van der Waals surface area contributed by atoms with E-state index in [1.165, 1.54) is 0 Å². The SMILES string of the molecule is CCc1noc([C@H](C)N2CCN([C@H]3C[C@@H](C)OC3=O)CC2)n1. The third-order valence-corrected chi connectivity index (χ3v) is 4.64. The standard InChI is InChI=1S/C15H24N4O3/c1-4-13-16-14(22-17-13)11(3)18-5-7-19(8-6-18)12-9-10(2)21-15(12)20/h10-12H,4-9H2,1-3H3/t10-,11+,12+/m1/s1. The second-order valence-corrected chi connectivity index (χ2v) is 6.15. The number of rotatable bonds is 4. The van der Waals surface area contributed by atoms with Crippen LogP contribution < -0.4 is 0 Å². The number of piperazine rings is 1. The van der Waals surface area contributed by atoms with Crippen LogP contribution in [0.1, 0.15) is 44.9 Å². The highest BCUT2D eigenvalue weighted by atomic mass is 16.6. The van der Waals surface area contributed by atoms with Gasteiger partial charge < -0.3 is 9.26 Å². The van der Waals surface area contributed by atoms with Crippen LogP contribution >= 0.6 is 0 Å². The maximum Gasteiger partial charge on any atom is 0.323 e. The molecule has 0 radical (unpaired) electrons. The Balaban J connectivity index is 1.56. The lowest BCUT2D eigenvalue weighted by Gasteiger charge is -2.38. The third kappa shape index (κ3) is 3.01. The van der Waals surface area contributed by atoms with Gasteiger partial charge in [-0.1, -0.05) is 12.1 Å². The van der Waals surface area contributed by atoms with Gasteiger partial charge in [-0.25, -0.2) is 0 Å². The summed E-state index contributed by atoms with van der Waals surface area (Å²) < 4.78 is 10.6. The molecular formula is C15H24N4O3. The molecule has 0 spiro atoms. The molecule has 0 aromatic carbocycles. The molecule has 3 rings (SSSR count). The van der Waals surface area contributed by atoms with E-state index >= 15 is 0 Å².